The molecule has 0 heterocycles. The Balaban J connectivity index is 1.92. The van der Waals surface area contributed by atoms with Gasteiger partial charge in [0.1, 0.15) is 0 Å². The number of amides is 1. The number of ether oxygens (including phenoxy) is 1. The number of methoxy groups -OCH3 is 1. The fourth-order valence-corrected chi connectivity index (χ4v) is 10.4. The van der Waals surface area contributed by atoms with Crippen molar-refractivity contribution in [2.45, 2.75) is 89.4 Å². The van der Waals surface area contributed by atoms with Crippen LogP contribution in [-0.2, 0) is 9.16 Å². The highest BCUT2D eigenvalue weighted by Crippen LogP contribution is 2.40. The summed E-state index contributed by atoms with van der Waals surface area (Å²) in [5, 5.41) is 12.3. The Morgan fingerprint density at radius 1 is 0.943 bits per heavy atom. The Kier molecular flexibility index (Phi) is 8.19. The van der Waals surface area contributed by atoms with Crippen molar-refractivity contribution >= 4 is 24.8 Å². The molecule has 0 aliphatic heterocycles. The maximum atomic E-state index is 12.0. The van der Waals surface area contributed by atoms with E-state index in [2.05, 4.69) is 81.4 Å². The van der Waals surface area contributed by atoms with Gasteiger partial charge < -0.3 is 19.2 Å². The lowest BCUT2D eigenvalue weighted by Crippen LogP contribution is -2.68. The Morgan fingerprint density at radius 2 is 1.40 bits per heavy atom. The van der Waals surface area contributed by atoms with Crippen LogP contribution in [0.1, 0.15) is 67.2 Å². The van der Waals surface area contributed by atoms with Crippen LogP contribution in [0.15, 0.2) is 60.7 Å². The summed E-state index contributed by atoms with van der Waals surface area (Å²) in [5.41, 5.74) is -0.861. The molecule has 1 aliphatic rings. The molecule has 3 rings (SSSR count). The highest BCUT2D eigenvalue weighted by atomic mass is 28.4. The third-order valence-corrected chi connectivity index (χ3v) is 12.5. The van der Waals surface area contributed by atoms with Crippen LogP contribution in [0.2, 0.25) is 5.04 Å². The molecule has 1 amide bonds. The largest absolute Gasteiger partial charge is 0.465 e. The first kappa shape index (κ1) is 27.4. The van der Waals surface area contributed by atoms with E-state index in [9.17, 15) is 9.90 Å². The van der Waals surface area contributed by atoms with Gasteiger partial charge in [0.15, 0.2) is 0 Å². The van der Waals surface area contributed by atoms with Crippen LogP contribution in [0.3, 0.4) is 0 Å². The molecule has 1 N–H and O–H groups in total. The van der Waals surface area contributed by atoms with E-state index in [4.69, 9.17) is 9.16 Å². The molecule has 2 aromatic carbocycles. The van der Waals surface area contributed by atoms with Crippen molar-refractivity contribution in [3.8, 4) is 0 Å². The summed E-state index contributed by atoms with van der Waals surface area (Å²) >= 11 is 0. The van der Waals surface area contributed by atoms with Crippen LogP contribution in [0, 0.1) is 0 Å². The monoisotopic (exact) mass is 497 g/mol. The molecular formula is C29H43NO4Si. The van der Waals surface area contributed by atoms with Crippen LogP contribution in [-0.4, -0.2) is 55.3 Å². The molecule has 35 heavy (non-hydrogen) atoms. The maximum absolute atomic E-state index is 12.0. The second-order valence-corrected chi connectivity index (χ2v) is 16.2. The average Bonchev–Trinajstić information content (AvgIpc) is 2.80. The summed E-state index contributed by atoms with van der Waals surface area (Å²) in [6, 6.07) is 21.3. The van der Waals surface area contributed by atoms with Gasteiger partial charge in [0.25, 0.3) is 8.32 Å². The summed E-state index contributed by atoms with van der Waals surface area (Å²) in [5.74, 6) is 0. The van der Waals surface area contributed by atoms with Gasteiger partial charge in [-0.25, -0.2) is 4.79 Å². The van der Waals surface area contributed by atoms with E-state index in [1.807, 2.05) is 20.8 Å². The van der Waals surface area contributed by atoms with Gasteiger partial charge in [-0.1, -0.05) is 81.4 Å². The van der Waals surface area contributed by atoms with E-state index in [0.717, 1.165) is 25.7 Å². The summed E-state index contributed by atoms with van der Waals surface area (Å²) in [6.45, 7) is 13.2. The van der Waals surface area contributed by atoms with E-state index in [1.165, 1.54) is 10.4 Å². The summed E-state index contributed by atoms with van der Waals surface area (Å²) in [6.07, 6.45) is 2.22. The molecule has 0 radical (unpaired) electrons. The lowest BCUT2D eigenvalue weighted by molar-refractivity contribution is -0.0866. The van der Waals surface area contributed by atoms with Gasteiger partial charge in [-0.05, 0) is 61.9 Å². The van der Waals surface area contributed by atoms with E-state index in [1.54, 1.807) is 12.0 Å². The first-order chi connectivity index (χ1) is 16.4. The first-order valence-corrected chi connectivity index (χ1v) is 14.6. The number of nitrogens with zero attached hydrogens (tertiary/aromatic N) is 1. The molecule has 0 atom stereocenters. The molecule has 5 nitrogen and oxygen atoms in total. The highest BCUT2D eigenvalue weighted by Gasteiger charge is 2.52. The van der Waals surface area contributed by atoms with Crippen molar-refractivity contribution in [2.24, 2.45) is 0 Å². The molecule has 0 unspecified atom stereocenters. The predicted octanol–water partition coefficient (Wildman–Crippen LogP) is 5.67. The Labute approximate surface area is 212 Å². The predicted molar refractivity (Wildman–Crippen MR) is 145 cm³/mol. The molecule has 0 aromatic heterocycles. The quantitative estimate of drug-likeness (QED) is 0.501. The van der Waals surface area contributed by atoms with Crippen LogP contribution >= 0.6 is 0 Å². The van der Waals surface area contributed by atoms with Crippen molar-refractivity contribution in [3.63, 3.8) is 0 Å². The molecule has 0 spiro atoms. The topological polar surface area (TPSA) is 59.0 Å². The van der Waals surface area contributed by atoms with E-state index >= 15 is 0 Å². The lowest BCUT2D eigenvalue weighted by atomic mass is 9.81. The van der Waals surface area contributed by atoms with Crippen molar-refractivity contribution in [2.75, 3.05) is 13.7 Å². The number of hydrogen-bond donors (Lipinski definition) is 1. The van der Waals surface area contributed by atoms with Crippen LogP contribution in [0.25, 0.3) is 0 Å². The molecule has 6 heteroatoms. The third-order valence-electron chi connectivity index (χ3n) is 7.56. The van der Waals surface area contributed by atoms with Crippen LogP contribution < -0.4 is 10.4 Å². The average molecular weight is 498 g/mol. The highest BCUT2D eigenvalue weighted by molar-refractivity contribution is 6.99. The molecule has 0 saturated heterocycles. The minimum atomic E-state index is -2.67. The number of benzene rings is 2. The zero-order valence-electron chi connectivity index (χ0n) is 22.5. The second kappa shape index (κ2) is 10.5. The first-order valence-electron chi connectivity index (χ1n) is 12.7. The Morgan fingerprint density at radius 3 is 1.74 bits per heavy atom. The zero-order chi connectivity index (χ0) is 25.9. The number of hydrogen-bond acceptors (Lipinski definition) is 3. The van der Waals surface area contributed by atoms with Crippen molar-refractivity contribution < 1.29 is 19.1 Å². The smallest absolute Gasteiger partial charge is 0.407 e. The standard InChI is InChI=1S/C29H43NO4Si/c1-27(2,3)30(26(31)32)23-18-20-29(33-7,21-19-23)22-34-35(28(4,5)6,24-14-10-8-11-15-24)25-16-12-9-13-17-25/h8-17,23H,18-22H2,1-7H3,(H,31,32). The minimum Gasteiger partial charge on any atom is -0.465 e. The van der Waals surface area contributed by atoms with Crippen molar-refractivity contribution in [1.29, 1.82) is 0 Å². The Bertz CT molecular complexity index is 918. The number of carboxylic acid groups (broad SMARTS) is 1. The van der Waals surface area contributed by atoms with E-state index in [-0.39, 0.29) is 11.1 Å². The SMILES string of the molecule is COC1(CO[Si](c2ccccc2)(c2ccccc2)C(C)(C)C)CCC(N(C(=O)O)C(C)(C)C)CC1. The van der Waals surface area contributed by atoms with Gasteiger partial charge in [-0.2, -0.15) is 0 Å². The van der Waals surface area contributed by atoms with Crippen LogP contribution in [0.5, 0.6) is 0 Å². The molecule has 1 aliphatic carbocycles. The number of rotatable bonds is 7. The third kappa shape index (κ3) is 5.65. The van der Waals surface area contributed by atoms with Crippen LogP contribution in [0.4, 0.5) is 4.79 Å². The maximum Gasteiger partial charge on any atom is 0.407 e. The molecule has 1 saturated carbocycles. The van der Waals surface area contributed by atoms with Gasteiger partial charge >= 0.3 is 6.09 Å². The van der Waals surface area contributed by atoms with Crippen molar-refractivity contribution in [3.05, 3.63) is 60.7 Å². The summed E-state index contributed by atoms with van der Waals surface area (Å²) < 4.78 is 13.4. The summed E-state index contributed by atoms with van der Waals surface area (Å²) in [4.78, 5) is 13.7. The lowest BCUT2D eigenvalue weighted by Gasteiger charge is -2.48. The molecular weight excluding hydrogens is 454 g/mol. The van der Waals surface area contributed by atoms with Gasteiger partial charge in [0.2, 0.25) is 0 Å². The molecule has 1 fully saturated rings. The normalized spacial score (nSPS) is 21.5. The number of carbonyl (C=O) groups is 1. The van der Waals surface area contributed by atoms with E-state index in [0.29, 0.717) is 6.61 Å². The zero-order valence-corrected chi connectivity index (χ0v) is 23.5. The molecule has 192 valence electrons. The van der Waals surface area contributed by atoms with Gasteiger partial charge in [-0.3, -0.25) is 0 Å². The minimum absolute atomic E-state index is 0.0105. The Hall–Kier alpha value is -2.15. The molecule has 0 bridgehead atoms. The van der Waals surface area contributed by atoms with Gasteiger partial charge in [-0.15, -0.1) is 0 Å². The summed E-state index contributed by atoms with van der Waals surface area (Å²) in [7, 11) is -0.896. The fourth-order valence-electron chi connectivity index (χ4n) is 5.79. The molecule has 2 aromatic rings. The van der Waals surface area contributed by atoms with E-state index < -0.39 is 25.6 Å². The fraction of sp³-hybridized carbons (Fsp3) is 0.552. The van der Waals surface area contributed by atoms with Crippen molar-refractivity contribution in [1.82, 2.24) is 4.90 Å². The second-order valence-electron chi connectivity index (χ2n) is 11.9. The van der Waals surface area contributed by atoms with Gasteiger partial charge in [0.05, 0.1) is 12.2 Å². The van der Waals surface area contributed by atoms with Gasteiger partial charge in [0, 0.05) is 18.7 Å².